The number of nitrogens with zero attached hydrogens (tertiary/aromatic N) is 1. The molecule has 6 heteroatoms. The second-order valence-corrected chi connectivity index (χ2v) is 7.34. The van der Waals surface area contributed by atoms with E-state index < -0.39 is 12.0 Å². The number of carboxylic acid groups (broad SMARTS) is 1. The second kappa shape index (κ2) is 10.3. The van der Waals surface area contributed by atoms with Crippen molar-refractivity contribution in [3.8, 4) is 17.2 Å². The van der Waals surface area contributed by atoms with E-state index in [4.69, 9.17) is 14.2 Å². The Morgan fingerprint density at radius 1 is 1.03 bits per heavy atom. The first-order valence-corrected chi connectivity index (χ1v) is 10.6. The van der Waals surface area contributed by atoms with Crippen LogP contribution in [0, 0.1) is 0 Å². The second-order valence-electron chi connectivity index (χ2n) is 7.34. The topological polar surface area (TPSA) is 68.2 Å². The number of aliphatic carboxylic acids is 1. The highest BCUT2D eigenvalue weighted by Crippen LogP contribution is 2.38. The van der Waals surface area contributed by atoms with Gasteiger partial charge in [0.2, 0.25) is 0 Å². The fourth-order valence-electron chi connectivity index (χ4n) is 4.13. The minimum Gasteiger partial charge on any atom is -0.497 e. The molecule has 2 aromatic carbocycles. The molecule has 2 atom stereocenters. The Hall–Kier alpha value is -2.73. The number of methoxy groups -OCH3 is 1. The molecule has 2 unspecified atom stereocenters. The molecule has 162 valence electrons. The maximum atomic E-state index is 12.0. The van der Waals surface area contributed by atoms with Crippen molar-refractivity contribution in [2.45, 2.75) is 45.2 Å². The minimum atomic E-state index is -0.774. The molecule has 0 spiro atoms. The van der Waals surface area contributed by atoms with Gasteiger partial charge in [-0.2, -0.15) is 0 Å². The van der Waals surface area contributed by atoms with Gasteiger partial charge in [0, 0.05) is 0 Å². The molecule has 1 aliphatic rings. The summed E-state index contributed by atoms with van der Waals surface area (Å²) >= 11 is 0. The largest absolute Gasteiger partial charge is 0.497 e. The summed E-state index contributed by atoms with van der Waals surface area (Å²) in [5, 5.41) is 9.88. The van der Waals surface area contributed by atoms with Crippen LogP contribution in [0.3, 0.4) is 0 Å². The summed E-state index contributed by atoms with van der Waals surface area (Å²) in [7, 11) is 1.64. The van der Waals surface area contributed by atoms with Gasteiger partial charge in [0.1, 0.15) is 11.8 Å². The maximum Gasteiger partial charge on any atom is 0.320 e. The number of hydrogen-bond donors (Lipinski definition) is 1. The predicted octanol–water partition coefficient (Wildman–Crippen LogP) is 4.52. The standard InChI is InChI=1S/C24H31NO5/c1-4-29-21-14-11-18(16-22(21)30-5-2)23(17-9-12-19(28-3)13-10-17)25-15-7-6-8-20(25)24(26)27/h9-14,16,20,23H,4-8,15H2,1-3H3,(H,26,27). The first kappa shape index (κ1) is 22.0. The summed E-state index contributed by atoms with van der Waals surface area (Å²) < 4.78 is 16.9. The summed E-state index contributed by atoms with van der Waals surface area (Å²) in [5.74, 6) is 1.38. The quantitative estimate of drug-likeness (QED) is 0.652. The lowest BCUT2D eigenvalue weighted by molar-refractivity contribution is -0.145. The Labute approximate surface area is 178 Å². The fraction of sp³-hybridized carbons (Fsp3) is 0.458. The fourth-order valence-corrected chi connectivity index (χ4v) is 4.13. The Kier molecular flexibility index (Phi) is 7.57. The Bertz CT molecular complexity index is 836. The van der Waals surface area contributed by atoms with Gasteiger partial charge >= 0.3 is 5.97 Å². The molecule has 1 N–H and O–H groups in total. The number of ether oxygens (including phenoxy) is 3. The molecule has 0 aliphatic carbocycles. The summed E-state index contributed by atoms with van der Waals surface area (Å²) in [6, 6.07) is 13.0. The van der Waals surface area contributed by atoms with E-state index in [1.54, 1.807) is 7.11 Å². The molecule has 1 heterocycles. The van der Waals surface area contributed by atoms with E-state index in [0.717, 1.165) is 36.3 Å². The molecule has 3 rings (SSSR count). The highest BCUT2D eigenvalue weighted by molar-refractivity contribution is 5.73. The summed E-state index contributed by atoms with van der Waals surface area (Å²) in [6.07, 6.45) is 2.55. The van der Waals surface area contributed by atoms with Gasteiger partial charge in [-0.3, -0.25) is 9.69 Å². The monoisotopic (exact) mass is 413 g/mol. The van der Waals surface area contributed by atoms with Crippen LogP contribution in [0.15, 0.2) is 42.5 Å². The van der Waals surface area contributed by atoms with Crippen molar-refractivity contribution in [3.05, 3.63) is 53.6 Å². The highest BCUT2D eigenvalue weighted by Gasteiger charge is 2.35. The van der Waals surface area contributed by atoms with Gasteiger partial charge in [-0.25, -0.2) is 0 Å². The zero-order chi connectivity index (χ0) is 21.5. The van der Waals surface area contributed by atoms with Crippen LogP contribution in [0.2, 0.25) is 0 Å². The van der Waals surface area contributed by atoms with E-state index in [0.29, 0.717) is 31.1 Å². The van der Waals surface area contributed by atoms with Crippen molar-refractivity contribution in [1.29, 1.82) is 0 Å². The zero-order valence-electron chi connectivity index (χ0n) is 18.0. The van der Waals surface area contributed by atoms with E-state index >= 15 is 0 Å². The van der Waals surface area contributed by atoms with Crippen molar-refractivity contribution in [1.82, 2.24) is 4.90 Å². The van der Waals surface area contributed by atoms with E-state index in [2.05, 4.69) is 4.90 Å². The van der Waals surface area contributed by atoms with E-state index in [1.807, 2.05) is 56.3 Å². The van der Waals surface area contributed by atoms with Crippen LogP contribution in [0.5, 0.6) is 17.2 Å². The van der Waals surface area contributed by atoms with Gasteiger partial charge in [-0.15, -0.1) is 0 Å². The number of hydrogen-bond acceptors (Lipinski definition) is 5. The molecule has 0 bridgehead atoms. The molecule has 0 amide bonds. The maximum absolute atomic E-state index is 12.0. The lowest BCUT2D eigenvalue weighted by Crippen LogP contribution is -2.46. The molecule has 1 aliphatic heterocycles. The molecule has 30 heavy (non-hydrogen) atoms. The Balaban J connectivity index is 2.08. The van der Waals surface area contributed by atoms with Gasteiger partial charge in [0.15, 0.2) is 11.5 Å². The summed E-state index contributed by atoms with van der Waals surface area (Å²) in [5.41, 5.74) is 2.01. The molecule has 1 fully saturated rings. The molecule has 0 aromatic heterocycles. The number of piperidine rings is 1. The SMILES string of the molecule is CCOc1ccc(C(c2ccc(OC)cc2)N2CCCCC2C(=O)O)cc1OCC. The molecule has 0 radical (unpaired) electrons. The molecular formula is C24H31NO5. The van der Waals surface area contributed by atoms with Crippen LogP contribution in [0.25, 0.3) is 0 Å². The zero-order valence-corrected chi connectivity index (χ0v) is 18.0. The number of benzene rings is 2. The number of carbonyl (C=O) groups is 1. The third-order valence-electron chi connectivity index (χ3n) is 5.48. The van der Waals surface area contributed by atoms with E-state index in [9.17, 15) is 9.90 Å². The number of likely N-dealkylation sites (tertiary alicyclic amines) is 1. The third-order valence-corrected chi connectivity index (χ3v) is 5.48. The minimum absolute atomic E-state index is 0.202. The van der Waals surface area contributed by atoms with Gasteiger partial charge in [-0.05, 0) is 68.6 Å². The molecule has 2 aromatic rings. The van der Waals surface area contributed by atoms with Crippen molar-refractivity contribution < 1.29 is 24.1 Å². The van der Waals surface area contributed by atoms with Crippen LogP contribution < -0.4 is 14.2 Å². The lowest BCUT2D eigenvalue weighted by Gasteiger charge is -2.39. The van der Waals surface area contributed by atoms with Crippen LogP contribution >= 0.6 is 0 Å². The predicted molar refractivity (Wildman–Crippen MR) is 116 cm³/mol. The summed E-state index contributed by atoms with van der Waals surface area (Å²) in [4.78, 5) is 14.1. The van der Waals surface area contributed by atoms with Gasteiger partial charge in [0.25, 0.3) is 0 Å². The van der Waals surface area contributed by atoms with Crippen molar-refractivity contribution in [2.75, 3.05) is 26.9 Å². The first-order valence-electron chi connectivity index (χ1n) is 10.6. The van der Waals surface area contributed by atoms with Gasteiger partial charge in [0.05, 0.1) is 26.4 Å². The van der Waals surface area contributed by atoms with Crippen LogP contribution in [0.4, 0.5) is 0 Å². The van der Waals surface area contributed by atoms with E-state index in [1.165, 1.54) is 0 Å². The van der Waals surface area contributed by atoms with E-state index in [-0.39, 0.29) is 6.04 Å². The van der Waals surface area contributed by atoms with Crippen LogP contribution in [0.1, 0.15) is 50.3 Å². The van der Waals surface area contributed by atoms with Gasteiger partial charge in [-0.1, -0.05) is 24.6 Å². The molecular weight excluding hydrogens is 382 g/mol. The average molecular weight is 414 g/mol. The highest BCUT2D eigenvalue weighted by atomic mass is 16.5. The average Bonchev–Trinajstić information content (AvgIpc) is 2.76. The smallest absolute Gasteiger partial charge is 0.320 e. The molecule has 6 nitrogen and oxygen atoms in total. The normalized spacial score (nSPS) is 17.9. The molecule has 1 saturated heterocycles. The number of carboxylic acids is 1. The molecule has 0 saturated carbocycles. The Morgan fingerprint density at radius 3 is 2.33 bits per heavy atom. The lowest BCUT2D eigenvalue weighted by atomic mass is 9.91. The number of rotatable bonds is 9. The van der Waals surface area contributed by atoms with Crippen molar-refractivity contribution >= 4 is 5.97 Å². The van der Waals surface area contributed by atoms with Crippen molar-refractivity contribution in [3.63, 3.8) is 0 Å². The third kappa shape index (κ3) is 4.87. The van der Waals surface area contributed by atoms with Gasteiger partial charge < -0.3 is 19.3 Å². The first-order chi connectivity index (χ1) is 14.6. The summed E-state index contributed by atoms with van der Waals surface area (Å²) in [6.45, 7) is 5.68. The van der Waals surface area contributed by atoms with Crippen molar-refractivity contribution in [2.24, 2.45) is 0 Å². The van der Waals surface area contributed by atoms with Crippen LogP contribution in [-0.2, 0) is 4.79 Å². The Morgan fingerprint density at radius 2 is 1.70 bits per heavy atom. The van der Waals surface area contributed by atoms with Crippen LogP contribution in [-0.4, -0.2) is 48.9 Å².